The number of carbonyl (C=O) groups excluding carboxylic acids is 5. The molecule has 3 rings (SSSR count). The van der Waals surface area contributed by atoms with Crippen LogP contribution in [0.25, 0.3) is 0 Å². The van der Waals surface area contributed by atoms with Gasteiger partial charge in [0.2, 0.25) is 17.6 Å². The number of carbonyl (C=O) groups is 5. The zero-order chi connectivity index (χ0) is 27.2. The molecule has 3 fully saturated rings. The Morgan fingerprint density at radius 2 is 1.69 bits per heavy atom. The fourth-order valence-electron chi connectivity index (χ4n) is 5.38. The van der Waals surface area contributed by atoms with E-state index in [0.29, 0.717) is 13.0 Å². The van der Waals surface area contributed by atoms with Crippen LogP contribution in [0.5, 0.6) is 0 Å². The lowest BCUT2D eigenvalue weighted by molar-refractivity contribution is -0.145. The van der Waals surface area contributed by atoms with Crippen molar-refractivity contribution in [2.24, 2.45) is 40.2 Å². The quantitative estimate of drug-likeness (QED) is 0.383. The Morgan fingerprint density at radius 3 is 2.19 bits per heavy atom. The van der Waals surface area contributed by atoms with Crippen LogP contribution in [-0.4, -0.2) is 65.8 Å². The van der Waals surface area contributed by atoms with Crippen molar-refractivity contribution in [2.45, 2.75) is 85.9 Å². The standard InChI is InChI=1S/C26H42N4O6/c1-13(2)12-36-24(35)29-20(25(3,4)5)23(34)30-11-15-17(26(15,6)7)18(30)22(33)28-16(10-14-8-9-14)19(31)21(27)32/h13-18,20H,8-12H2,1-7H3,(H2,27,32)(H,28,33)(H,29,35)/t15-,16?,17-,18-,20+/m0/s1. The van der Waals surface area contributed by atoms with Gasteiger partial charge in [0.05, 0.1) is 12.6 Å². The lowest BCUT2D eigenvalue weighted by Gasteiger charge is -2.37. The summed E-state index contributed by atoms with van der Waals surface area (Å²) < 4.78 is 5.24. The zero-order valence-electron chi connectivity index (χ0n) is 22.6. The number of amides is 4. The summed E-state index contributed by atoms with van der Waals surface area (Å²) in [5.74, 6) is -2.27. The van der Waals surface area contributed by atoms with Gasteiger partial charge in [-0.05, 0) is 40.9 Å². The largest absolute Gasteiger partial charge is 0.449 e. The van der Waals surface area contributed by atoms with Crippen molar-refractivity contribution >= 4 is 29.6 Å². The first-order valence-corrected chi connectivity index (χ1v) is 12.9. The second-order valence-electron chi connectivity index (χ2n) is 12.8. The van der Waals surface area contributed by atoms with E-state index in [1.165, 1.54) is 4.90 Å². The van der Waals surface area contributed by atoms with E-state index in [9.17, 15) is 24.0 Å². The van der Waals surface area contributed by atoms with E-state index in [0.717, 1.165) is 12.8 Å². The maximum absolute atomic E-state index is 13.8. The maximum atomic E-state index is 13.8. The molecule has 10 nitrogen and oxygen atoms in total. The highest BCUT2D eigenvalue weighted by Gasteiger charge is 2.70. The van der Waals surface area contributed by atoms with Crippen LogP contribution in [0, 0.1) is 34.5 Å². The Bertz CT molecular complexity index is 920. The van der Waals surface area contributed by atoms with E-state index < -0.39 is 47.2 Å². The average Bonchev–Trinajstić information content (AvgIpc) is 3.61. The summed E-state index contributed by atoms with van der Waals surface area (Å²) >= 11 is 0. The maximum Gasteiger partial charge on any atom is 0.407 e. The number of Topliss-reactive ketones (excluding diaryl/α,β-unsaturated/α-hetero) is 1. The molecule has 4 amide bonds. The van der Waals surface area contributed by atoms with Crippen molar-refractivity contribution < 1.29 is 28.7 Å². The second kappa shape index (κ2) is 10.0. The Hall–Kier alpha value is -2.65. The molecule has 0 spiro atoms. The van der Waals surface area contributed by atoms with Gasteiger partial charge in [-0.15, -0.1) is 0 Å². The van der Waals surface area contributed by atoms with Gasteiger partial charge in [0.1, 0.15) is 12.1 Å². The molecule has 0 aromatic heterocycles. The predicted octanol–water partition coefficient (Wildman–Crippen LogP) is 1.61. The number of nitrogens with one attached hydrogen (secondary N) is 2. The summed E-state index contributed by atoms with van der Waals surface area (Å²) in [5.41, 5.74) is 4.45. The number of rotatable bonds is 10. The van der Waals surface area contributed by atoms with Gasteiger partial charge < -0.3 is 26.0 Å². The van der Waals surface area contributed by atoms with E-state index in [-0.39, 0.29) is 41.6 Å². The molecule has 1 saturated heterocycles. The molecule has 36 heavy (non-hydrogen) atoms. The number of alkyl carbamates (subject to hydrolysis) is 1. The van der Waals surface area contributed by atoms with Crippen LogP contribution < -0.4 is 16.4 Å². The van der Waals surface area contributed by atoms with Crippen LogP contribution >= 0.6 is 0 Å². The zero-order valence-corrected chi connectivity index (χ0v) is 22.6. The van der Waals surface area contributed by atoms with Gasteiger partial charge in [0, 0.05) is 6.54 Å². The molecule has 0 aromatic rings. The highest BCUT2D eigenvalue weighted by molar-refractivity contribution is 6.37. The normalized spacial score (nSPS) is 26.0. The van der Waals surface area contributed by atoms with Gasteiger partial charge in [-0.2, -0.15) is 0 Å². The first-order chi connectivity index (χ1) is 16.6. The topological polar surface area (TPSA) is 148 Å². The molecule has 4 N–H and O–H groups in total. The average molecular weight is 507 g/mol. The lowest BCUT2D eigenvalue weighted by Crippen LogP contribution is -2.60. The first-order valence-electron chi connectivity index (χ1n) is 12.9. The molecule has 2 saturated carbocycles. The fourth-order valence-corrected chi connectivity index (χ4v) is 5.38. The van der Waals surface area contributed by atoms with Gasteiger partial charge in [-0.3, -0.25) is 19.2 Å². The molecule has 1 heterocycles. The van der Waals surface area contributed by atoms with Crippen molar-refractivity contribution in [3.05, 3.63) is 0 Å². The van der Waals surface area contributed by atoms with E-state index in [1.807, 2.05) is 34.6 Å². The number of primary amides is 1. The van der Waals surface area contributed by atoms with Gasteiger partial charge in [-0.1, -0.05) is 61.3 Å². The molecular weight excluding hydrogens is 464 g/mol. The molecule has 10 heteroatoms. The number of likely N-dealkylation sites (tertiary alicyclic amines) is 1. The molecule has 0 aromatic carbocycles. The Balaban J connectivity index is 1.81. The molecule has 5 atom stereocenters. The van der Waals surface area contributed by atoms with E-state index in [1.54, 1.807) is 0 Å². The molecule has 0 bridgehead atoms. The predicted molar refractivity (Wildman–Crippen MR) is 132 cm³/mol. The van der Waals surface area contributed by atoms with Gasteiger partial charge >= 0.3 is 6.09 Å². The van der Waals surface area contributed by atoms with Crippen LogP contribution in [0.2, 0.25) is 0 Å². The SMILES string of the molecule is CC(C)COC(=O)N[C@H](C(=O)N1C[C@H]2[C@@H]([C@H]1C(=O)NC(CC1CC1)C(=O)C(N)=O)C2(C)C)C(C)(C)C. The second-order valence-corrected chi connectivity index (χ2v) is 12.8. The third-order valence-corrected chi connectivity index (χ3v) is 7.82. The monoisotopic (exact) mass is 506 g/mol. The minimum absolute atomic E-state index is 0.0831. The number of fused-ring (bicyclic) bond motifs is 1. The third kappa shape index (κ3) is 6.00. The summed E-state index contributed by atoms with van der Waals surface area (Å²) in [5, 5.41) is 5.45. The number of ether oxygens (including phenoxy) is 1. The highest BCUT2D eigenvalue weighted by Crippen LogP contribution is 2.65. The Kier molecular flexibility index (Phi) is 7.77. The summed E-state index contributed by atoms with van der Waals surface area (Å²) in [7, 11) is 0. The molecule has 1 unspecified atom stereocenters. The summed E-state index contributed by atoms with van der Waals surface area (Å²) in [4.78, 5) is 65.4. The number of nitrogens with zero attached hydrogens (tertiary/aromatic N) is 1. The number of hydrogen-bond acceptors (Lipinski definition) is 6. The van der Waals surface area contributed by atoms with Gasteiger partial charge in [-0.25, -0.2) is 4.79 Å². The minimum atomic E-state index is -1.08. The highest BCUT2D eigenvalue weighted by atomic mass is 16.5. The summed E-state index contributed by atoms with van der Waals surface area (Å²) in [6.07, 6.45) is 1.56. The van der Waals surface area contributed by atoms with Crippen molar-refractivity contribution in [2.75, 3.05) is 13.2 Å². The van der Waals surface area contributed by atoms with Crippen LogP contribution in [0.3, 0.4) is 0 Å². The minimum Gasteiger partial charge on any atom is -0.449 e. The van der Waals surface area contributed by atoms with Crippen LogP contribution in [-0.2, 0) is 23.9 Å². The molecule has 202 valence electrons. The molecule has 2 aliphatic carbocycles. The molecular formula is C26H42N4O6. The fraction of sp³-hybridized carbons (Fsp3) is 0.808. The number of piperidine rings is 1. The molecule has 1 aliphatic heterocycles. The van der Waals surface area contributed by atoms with E-state index in [2.05, 4.69) is 24.5 Å². The molecule has 3 aliphatic rings. The summed E-state index contributed by atoms with van der Waals surface area (Å²) in [6, 6.07) is -2.72. The van der Waals surface area contributed by atoms with Crippen molar-refractivity contribution in [1.29, 1.82) is 0 Å². The number of hydrogen-bond donors (Lipinski definition) is 3. The summed E-state index contributed by atoms with van der Waals surface area (Å²) in [6.45, 7) is 14.1. The Morgan fingerprint density at radius 1 is 1.08 bits per heavy atom. The Labute approximate surface area is 213 Å². The smallest absolute Gasteiger partial charge is 0.407 e. The lowest BCUT2D eigenvalue weighted by atomic mass is 9.85. The van der Waals surface area contributed by atoms with Crippen LogP contribution in [0.1, 0.15) is 67.7 Å². The van der Waals surface area contributed by atoms with E-state index >= 15 is 0 Å². The van der Waals surface area contributed by atoms with Crippen LogP contribution in [0.4, 0.5) is 4.79 Å². The first kappa shape index (κ1) is 27.9. The number of ketones is 1. The van der Waals surface area contributed by atoms with Crippen LogP contribution in [0.15, 0.2) is 0 Å². The third-order valence-electron chi connectivity index (χ3n) is 7.82. The van der Waals surface area contributed by atoms with E-state index in [4.69, 9.17) is 10.5 Å². The van der Waals surface area contributed by atoms with Gasteiger partial charge in [0.15, 0.2) is 0 Å². The number of nitrogens with two attached hydrogens (primary N) is 1. The van der Waals surface area contributed by atoms with Crippen molar-refractivity contribution in [3.63, 3.8) is 0 Å². The van der Waals surface area contributed by atoms with Crippen molar-refractivity contribution in [1.82, 2.24) is 15.5 Å². The molecule has 0 radical (unpaired) electrons. The van der Waals surface area contributed by atoms with Gasteiger partial charge in [0.25, 0.3) is 5.91 Å². The van der Waals surface area contributed by atoms with Crippen molar-refractivity contribution in [3.8, 4) is 0 Å².